The molecule has 7 nitrogen and oxygen atoms in total. The summed E-state index contributed by atoms with van der Waals surface area (Å²) < 4.78 is 23.4. The van der Waals surface area contributed by atoms with E-state index in [4.69, 9.17) is 0 Å². The van der Waals surface area contributed by atoms with Crippen molar-refractivity contribution >= 4 is 21.7 Å². The van der Waals surface area contributed by atoms with Crippen LogP contribution in [0.2, 0.25) is 0 Å². The number of hydrogen-bond donors (Lipinski definition) is 1. The molecule has 1 aromatic heterocycles. The maximum absolute atomic E-state index is 12.9. The SMILES string of the molecule is CCN(C(=O)C(C)(C)C(=O)NCc1ccccn1)C1CCS(=O)(=O)C1. The summed E-state index contributed by atoms with van der Waals surface area (Å²) in [6, 6.07) is 5.04. The van der Waals surface area contributed by atoms with Crippen LogP contribution >= 0.6 is 0 Å². The van der Waals surface area contributed by atoms with Crippen molar-refractivity contribution in [3.05, 3.63) is 30.1 Å². The van der Waals surface area contributed by atoms with Crippen LogP contribution in [0, 0.1) is 5.41 Å². The number of nitrogens with zero attached hydrogens (tertiary/aromatic N) is 2. The Hall–Kier alpha value is -1.96. The molecule has 1 atom stereocenters. The fourth-order valence-electron chi connectivity index (χ4n) is 2.94. The number of rotatable bonds is 6. The third-order valence-electron chi connectivity index (χ3n) is 4.51. The molecule has 1 aliphatic rings. The first-order valence-corrected chi connectivity index (χ1v) is 10.2. The van der Waals surface area contributed by atoms with Gasteiger partial charge in [0.05, 0.1) is 23.7 Å². The molecule has 1 fully saturated rings. The van der Waals surface area contributed by atoms with E-state index in [2.05, 4.69) is 10.3 Å². The van der Waals surface area contributed by atoms with Crippen molar-refractivity contribution in [2.24, 2.45) is 5.41 Å². The van der Waals surface area contributed by atoms with Gasteiger partial charge in [0, 0.05) is 18.8 Å². The highest BCUT2D eigenvalue weighted by atomic mass is 32.2. The summed E-state index contributed by atoms with van der Waals surface area (Å²) in [5, 5.41) is 2.74. The predicted octanol–water partition coefficient (Wildman–Crippen LogP) is 0.760. The topological polar surface area (TPSA) is 96.4 Å². The number of sulfone groups is 1. The summed E-state index contributed by atoms with van der Waals surface area (Å²) in [5.41, 5.74) is -0.578. The lowest BCUT2D eigenvalue weighted by Crippen LogP contribution is -2.52. The number of carbonyl (C=O) groups is 2. The van der Waals surface area contributed by atoms with E-state index >= 15 is 0 Å². The fraction of sp³-hybridized carbons (Fsp3) is 0.588. The molecular formula is C17H25N3O4S. The van der Waals surface area contributed by atoms with Gasteiger partial charge in [-0.1, -0.05) is 6.07 Å². The monoisotopic (exact) mass is 367 g/mol. The Morgan fingerprint density at radius 1 is 1.36 bits per heavy atom. The van der Waals surface area contributed by atoms with Gasteiger partial charge in [-0.3, -0.25) is 14.6 Å². The molecule has 0 aliphatic carbocycles. The van der Waals surface area contributed by atoms with E-state index in [0.717, 1.165) is 0 Å². The van der Waals surface area contributed by atoms with Gasteiger partial charge >= 0.3 is 0 Å². The summed E-state index contributed by atoms with van der Waals surface area (Å²) in [4.78, 5) is 31.1. The highest BCUT2D eigenvalue weighted by molar-refractivity contribution is 7.91. The van der Waals surface area contributed by atoms with Gasteiger partial charge in [0.1, 0.15) is 5.41 Å². The molecule has 1 aliphatic heterocycles. The lowest BCUT2D eigenvalue weighted by atomic mass is 9.89. The van der Waals surface area contributed by atoms with Gasteiger partial charge < -0.3 is 10.2 Å². The Kier molecular flexibility index (Phi) is 5.82. The average molecular weight is 367 g/mol. The minimum absolute atomic E-state index is 0.0295. The Balaban J connectivity index is 2.05. The first-order chi connectivity index (χ1) is 11.7. The van der Waals surface area contributed by atoms with Gasteiger partial charge in [0.15, 0.2) is 9.84 Å². The van der Waals surface area contributed by atoms with Gasteiger partial charge in [-0.05, 0) is 39.3 Å². The van der Waals surface area contributed by atoms with Crippen molar-refractivity contribution in [2.45, 2.75) is 39.8 Å². The van der Waals surface area contributed by atoms with Gasteiger partial charge in [0.2, 0.25) is 11.8 Å². The maximum Gasteiger partial charge on any atom is 0.237 e. The van der Waals surface area contributed by atoms with Gasteiger partial charge in [-0.2, -0.15) is 0 Å². The van der Waals surface area contributed by atoms with E-state index in [1.54, 1.807) is 39.1 Å². The molecule has 0 spiro atoms. The second-order valence-corrected chi connectivity index (χ2v) is 9.01. The summed E-state index contributed by atoms with van der Waals surface area (Å²) in [6.07, 6.45) is 2.06. The maximum atomic E-state index is 12.9. The van der Waals surface area contributed by atoms with Gasteiger partial charge in [-0.15, -0.1) is 0 Å². The molecular weight excluding hydrogens is 342 g/mol. The van der Waals surface area contributed by atoms with Crippen LogP contribution in [-0.2, 0) is 26.0 Å². The number of amides is 2. The van der Waals surface area contributed by atoms with Gasteiger partial charge in [-0.25, -0.2) is 8.42 Å². The quantitative estimate of drug-likeness (QED) is 0.749. The van der Waals surface area contributed by atoms with E-state index in [0.29, 0.717) is 18.7 Å². The molecule has 8 heteroatoms. The van der Waals surface area contributed by atoms with Crippen molar-refractivity contribution in [3.8, 4) is 0 Å². The van der Waals surface area contributed by atoms with E-state index < -0.39 is 21.2 Å². The molecule has 2 rings (SSSR count). The first kappa shape index (κ1) is 19.4. The van der Waals surface area contributed by atoms with E-state index in [9.17, 15) is 18.0 Å². The minimum Gasteiger partial charge on any atom is -0.350 e. The minimum atomic E-state index is -3.10. The van der Waals surface area contributed by atoms with Crippen LogP contribution in [0.15, 0.2) is 24.4 Å². The molecule has 0 aromatic carbocycles. The third kappa shape index (κ3) is 4.56. The molecule has 0 saturated carbocycles. The fourth-order valence-corrected chi connectivity index (χ4v) is 4.67. The molecule has 25 heavy (non-hydrogen) atoms. The molecule has 138 valence electrons. The predicted molar refractivity (Wildman–Crippen MR) is 94.3 cm³/mol. The van der Waals surface area contributed by atoms with Crippen molar-refractivity contribution in [1.29, 1.82) is 0 Å². The lowest BCUT2D eigenvalue weighted by Gasteiger charge is -2.34. The first-order valence-electron chi connectivity index (χ1n) is 8.37. The Bertz CT molecular complexity index is 732. The Morgan fingerprint density at radius 2 is 2.08 bits per heavy atom. The van der Waals surface area contributed by atoms with Crippen LogP contribution in [0.3, 0.4) is 0 Å². The Morgan fingerprint density at radius 3 is 2.60 bits per heavy atom. The van der Waals surface area contributed by atoms with Crippen LogP contribution in [0.1, 0.15) is 32.9 Å². The van der Waals surface area contributed by atoms with Crippen LogP contribution in [-0.4, -0.2) is 54.2 Å². The molecule has 0 radical (unpaired) electrons. The number of carbonyl (C=O) groups excluding carboxylic acids is 2. The number of pyridine rings is 1. The third-order valence-corrected chi connectivity index (χ3v) is 6.26. The molecule has 0 bridgehead atoms. The molecule has 1 aromatic rings. The second kappa shape index (κ2) is 7.51. The average Bonchev–Trinajstić information content (AvgIpc) is 2.93. The number of nitrogens with one attached hydrogen (secondary N) is 1. The normalized spacial score (nSPS) is 19.4. The van der Waals surface area contributed by atoms with E-state index in [-0.39, 0.29) is 30.0 Å². The smallest absolute Gasteiger partial charge is 0.237 e. The van der Waals surface area contributed by atoms with Gasteiger partial charge in [0.25, 0.3) is 0 Å². The molecule has 1 N–H and O–H groups in total. The molecule has 1 saturated heterocycles. The molecule has 2 amide bonds. The second-order valence-electron chi connectivity index (χ2n) is 6.78. The lowest BCUT2D eigenvalue weighted by molar-refractivity contribution is -0.149. The summed E-state index contributed by atoms with van der Waals surface area (Å²) in [5.74, 6) is -0.690. The standard InChI is InChI=1S/C17H25N3O4S/c1-4-20(14-8-10-25(23,24)12-14)16(22)17(2,3)15(21)19-11-13-7-5-6-9-18-13/h5-7,9,14H,4,8,10-12H2,1-3H3,(H,19,21). The largest absolute Gasteiger partial charge is 0.350 e. The molecule has 2 heterocycles. The van der Waals surface area contributed by atoms with Crippen molar-refractivity contribution < 1.29 is 18.0 Å². The van der Waals surface area contributed by atoms with Crippen molar-refractivity contribution in [1.82, 2.24) is 15.2 Å². The van der Waals surface area contributed by atoms with Crippen LogP contribution < -0.4 is 5.32 Å². The van der Waals surface area contributed by atoms with Crippen LogP contribution in [0.4, 0.5) is 0 Å². The zero-order valence-electron chi connectivity index (χ0n) is 14.9. The zero-order valence-corrected chi connectivity index (χ0v) is 15.7. The molecule has 1 unspecified atom stereocenters. The zero-order chi connectivity index (χ0) is 18.7. The van der Waals surface area contributed by atoms with E-state index in [1.165, 1.54) is 4.90 Å². The van der Waals surface area contributed by atoms with Crippen molar-refractivity contribution in [2.75, 3.05) is 18.1 Å². The van der Waals surface area contributed by atoms with E-state index in [1.807, 2.05) is 6.07 Å². The van der Waals surface area contributed by atoms with Crippen molar-refractivity contribution in [3.63, 3.8) is 0 Å². The summed E-state index contributed by atoms with van der Waals surface area (Å²) in [7, 11) is -3.10. The highest BCUT2D eigenvalue weighted by Gasteiger charge is 2.43. The highest BCUT2D eigenvalue weighted by Crippen LogP contribution is 2.25. The van der Waals surface area contributed by atoms with Crippen LogP contribution in [0.5, 0.6) is 0 Å². The number of hydrogen-bond acceptors (Lipinski definition) is 5. The van der Waals surface area contributed by atoms with Crippen LogP contribution in [0.25, 0.3) is 0 Å². The Labute approximate surface area is 148 Å². The summed E-state index contributed by atoms with van der Waals surface area (Å²) in [6.45, 7) is 5.53. The number of aromatic nitrogens is 1. The summed E-state index contributed by atoms with van der Waals surface area (Å²) >= 11 is 0.